The molecule has 0 aromatic carbocycles. The van der Waals surface area contributed by atoms with Crippen molar-refractivity contribution in [3.8, 4) is 5.82 Å². The van der Waals surface area contributed by atoms with Gasteiger partial charge in [-0.05, 0) is 12.1 Å². The lowest BCUT2D eigenvalue weighted by molar-refractivity contribution is 0.607. The zero-order valence-corrected chi connectivity index (χ0v) is 9.22. The Morgan fingerprint density at radius 2 is 1.94 bits per heavy atom. The minimum absolute atomic E-state index is 0.416. The zero-order valence-electron chi connectivity index (χ0n) is 8.40. The Morgan fingerprint density at radius 3 is 2.44 bits per heavy atom. The first-order valence-electron chi connectivity index (χ1n) is 4.33. The highest BCUT2D eigenvalue weighted by Gasteiger charge is 2.02. The van der Waals surface area contributed by atoms with Crippen LogP contribution in [0.1, 0.15) is 0 Å². The molecule has 0 aliphatic heterocycles. The SMILES string of the molecule is CS(=O)(=O)Nc1ccc(-n2cnnc2)nc1. The minimum Gasteiger partial charge on any atom is -0.282 e. The quantitative estimate of drug-likeness (QED) is 0.816. The van der Waals surface area contributed by atoms with Crippen LogP contribution in [0.15, 0.2) is 31.0 Å². The maximum atomic E-state index is 11.0. The van der Waals surface area contributed by atoms with Gasteiger partial charge in [-0.25, -0.2) is 13.4 Å². The molecule has 2 aromatic heterocycles. The Labute approximate surface area is 92.2 Å². The van der Waals surface area contributed by atoms with Crippen molar-refractivity contribution >= 4 is 15.7 Å². The molecular weight excluding hydrogens is 230 g/mol. The van der Waals surface area contributed by atoms with Crippen LogP contribution in [0.25, 0.3) is 5.82 Å². The third kappa shape index (κ3) is 2.54. The molecule has 0 saturated carbocycles. The maximum Gasteiger partial charge on any atom is 0.229 e. The summed E-state index contributed by atoms with van der Waals surface area (Å²) >= 11 is 0. The number of pyridine rings is 1. The molecule has 0 aliphatic rings. The fourth-order valence-corrected chi connectivity index (χ4v) is 1.68. The Hall–Kier alpha value is -1.96. The van der Waals surface area contributed by atoms with E-state index >= 15 is 0 Å². The van der Waals surface area contributed by atoms with Crippen LogP contribution in [-0.2, 0) is 10.0 Å². The van der Waals surface area contributed by atoms with Crippen LogP contribution in [0, 0.1) is 0 Å². The van der Waals surface area contributed by atoms with Crippen LogP contribution in [0.2, 0.25) is 0 Å². The molecule has 2 heterocycles. The van der Waals surface area contributed by atoms with E-state index in [2.05, 4.69) is 19.9 Å². The van der Waals surface area contributed by atoms with E-state index in [0.717, 1.165) is 6.26 Å². The number of aromatic nitrogens is 4. The van der Waals surface area contributed by atoms with E-state index in [1.54, 1.807) is 16.7 Å². The van der Waals surface area contributed by atoms with E-state index in [9.17, 15) is 8.42 Å². The molecule has 2 aromatic rings. The fraction of sp³-hybridized carbons (Fsp3) is 0.125. The highest BCUT2D eigenvalue weighted by Crippen LogP contribution is 2.09. The highest BCUT2D eigenvalue weighted by atomic mass is 32.2. The van der Waals surface area contributed by atoms with Crippen LogP contribution >= 0.6 is 0 Å². The van der Waals surface area contributed by atoms with Gasteiger partial charge in [0.1, 0.15) is 18.5 Å². The van der Waals surface area contributed by atoms with Crippen molar-refractivity contribution in [3.63, 3.8) is 0 Å². The van der Waals surface area contributed by atoms with Crippen molar-refractivity contribution in [3.05, 3.63) is 31.0 Å². The summed E-state index contributed by atoms with van der Waals surface area (Å²) in [4.78, 5) is 4.06. The van der Waals surface area contributed by atoms with Gasteiger partial charge in [0.2, 0.25) is 10.0 Å². The summed E-state index contributed by atoms with van der Waals surface area (Å²) in [6, 6.07) is 3.28. The Kier molecular flexibility index (Phi) is 2.57. The van der Waals surface area contributed by atoms with Crippen molar-refractivity contribution in [1.29, 1.82) is 0 Å². The highest BCUT2D eigenvalue weighted by molar-refractivity contribution is 7.92. The summed E-state index contributed by atoms with van der Waals surface area (Å²) in [5.74, 6) is 0.615. The largest absolute Gasteiger partial charge is 0.282 e. The van der Waals surface area contributed by atoms with Gasteiger partial charge in [0.25, 0.3) is 0 Å². The monoisotopic (exact) mass is 239 g/mol. The lowest BCUT2D eigenvalue weighted by Crippen LogP contribution is -2.09. The molecule has 0 saturated heterocycles. The van der Waals surface area contributed by atoms with Gasteiger partial charge in [0, 0.05) is 0 Å². The van der Waals surface area contributed by atoms with Crippen LogP contribution in [0.4, 0.5) is 5.69 Å². The maximum absolute atomic E-state index is 11.0. The van der Waals surface area contributed by atoms with Gasteiger partial charge in [-0.2, -0.15) is 0 Å². The predicted octanol–water partition coefficient (Wildman–Crippen LogP) is 0.0338. The molecule has 84 valence electrons. The van der Waals surface area contributed by atoms with Crippen LogP contribution < -0.4 is 4.72 Å². The van der Waals surface area contributed by atoms with Crippen LogP contribution in [0.5, 0.6) is 0 Å². The van der Waals surface area contributed by atoms with Crippen molar-refractivity contribution < 1.29 is 8.42 Å². The van der Waals surface area contributed by atoms with Gasteiger partial charge in [0.05, 0.1) is 18.1 Å². The number of nitrogens with one attached hydrogen (secondary N) is 1. The molecule has 0 aliphatic carbocycles. The van der Waals surface area contributed by atoms with E-state index in [4.69, 9.17) is 0 Å². The molecule has 16 heavy (non-hydrogen) atoms. The molecule has 0 bridgehead atoms. The van der Waals surface area contributed by atoms with E-state index in [0.29, 0.717) is 11.5 Å². The molecule has 8 heteroatoms. The second kappa shape index (κ2) is 3.89. The van der Waals surface area contributed by atoms with Gasteiger partial charge < -0.3 is 0 Å². The van der Waals surface area contributed by atoms with Gasteiger partial charge in [-0.3, -0.25) is 9.29 Å². The average Bonchev–Trinajstić information content (AvgIpc) is 2.69. The summed E-state index contributed by atoms with van der Waals surface area (Å²) in [7, 11) is -3.27. The van der Waals surface area contributed by atoms with E-state index < -0.39 is 10.0 Å². The number of rotatable bonds is 3. The molecule has 2 rings (SSSR count). The third-order valence-electron chi connectivity index (χ3n) is 1.73. The van der Waals surface area contributed by atoms with Crippen molar-refractivity contribution in [1.82, 2.24) is 19.7 Å². The molecular formula is C8H9N5O2S. The summed E-state index contributed by atoms with van der Waals surface area (Å²) in [5.41, 5.74) is 0.416. The normalized spacial score (nSPS) is 11.3. The topological polar surface area (TPSA) is 89.8 Å². The second-order valence-electron chi connectivity index (χ2n) is 3.15. The van der Waals surface area contributed by atoms with Gasteiger partial charge in [-0.1, -0.05) is 0 Å². The molecule has 0 spiro atoms. The number of hydrogen-bond acceptors (Lipinski definition) is 5. The first-order chi connectivity index (χ1) is 7.54. The molecule has 0 unspecified atom stereocenters. The predicted molar refractivity (Wildman–Crippen MR) is 57.6 cm³/mol. The summed E-state index contributed by atoms with van der Waals surface area (Å²) in [5, 5.41) is 7.28. The Balaban J connectivity index is 2.24. The van der Waals surface area contributed by atoms with E-state index in [1.807, 2.05) is 0 Å². The molecule has 0 atom stereocenters. The number of hydrogen-bond donors (Lipinski definition) is 1. The summed E-state index contributed by atoms with van der Waals surface area (Å²) < 4.78 is 25.8. The smallest absolute Gasteiger partial charge is 0.229 e. The van der Waals surface area contributed by atoms with Crippen molar-refractivity contribution in [2.45, 2.75) is 0 Å². The van der Waals surface area contributed by atoms with Gasteiger partial charge in [0.15, 0.2) is 0 Å². The molecule has 1 N–H and O–H groups in total. The Morgan fingerprint density at radius 1 is 1.25 bits per heavy atom. The zero-order chi connectivity index (χ0) is 11.6. The molecule has 0 amide bonds. The average molecular weight is 239 g/mol. The first kappa shape index (κ1) is 10.6. The lowest BCUT2D eigenvalue weighted by Gasteiger charge is -2.04. The number of nitrogens with zero attached hydrogens (tertiary/aromatic N) is 4. The Bertz CT molecular complexity index is 561. The standard InChI is InChI=1S/C8H9N5O2S/c1-16(14,15)12-7-2-3-8(9-4-7)13-5-10-11-6-13/h2-6,12H,1H3. The molecule has 0 fully saturated rings. The molecule has 0 radical (unpaired) electrons. The third-order valence-corrected chi connectivity index (χ3v) is 2.34. The van der Waals surface area contributed by atoms with Crippen molar-refractivity contribution in [2.75, 3.05) is 11.0 Å². The van der Waals surface area contributed by atoms with Crippen molar-refractivity contribution in [2.24, 2.45) is 0 Å². The van der Waals surface area contributed by atoms with Gasteiger partial charge in [-0.15, -0.1) is 10.2 Å². The lowest BCUT2D eigenvalue weighted by atomic mass is 10.4. The minimum atomic E-state index is -3.27. The summed E-state index contributed by atoms with van der Waals surface area (Å²) in [6.45, 7) is 0. The van der Waals surface area contributed by atoms with Crippen LogP contribution in [0.3, 0.4) is 0 Å². The van der Waals surface area contributed by atoms with E-state index in [-0.39, 0.29) is 0 Å². The number of sulfonamides is 1. The fourth-order valence-electron chi connectivity index (χ4n) is 1.13. The van der Waals surface area contributed by atoms with Gasteiger partial charge >= 0.3 is 0 Å². The second-order valence-corrected chi connectivity index (χ2v) is 4.90. The molecule has 7 nitrogen and oxygen atoms in total. The summed E-state index contributed by atoms with van der Waals surface area (Å²) in [6.07, 6.45) is 5.52. The van der Waals surface area contributed by atoms with E-state index in [1.165, 1.54) is 18.9 Å². The van der Waals surface area contributed by atoms with Crippen LogP contribution in [-0.4, -0.2) is 34.4 Å². The number of anilines is 1. The first-order valence-corrected chi connectivity index (χ1v) is 6.22.